The Kier molecular flexibility index (Phi) is 6.46. The van der Waals surface area contributed by atoms with Crippen LogP contribution in [0, 0.1) is 0 Å². The summed E-state index contributed by atoms with van der Waals surface area (Å²) in [6, 6.07) is 56.6. The van der Waals surface area contributed by atoms with Crippen LogP contribution in [0.4, 0.5) is 0 Å². The summed E-state index contributed by atoms with van der Waals surface area (Å²) in [6.45, 7) is 0. The number of rotatable bonds is 5. The topological polar surface area (TPSA) is 35.6 Å². The first-order valence-corrected chi connectivity index (χ1v) is 16.9. The van der Waals surface area contributed by atoms with Gasteiger partial charge in [0.1, 0.15) is 0 Å². The van der Waals surface area contributed by atoms with Crippen LogP contribution in [0.1, 0.15) is 0 Å². The molecule has 0 saturated carbocycles. The van der Waals surface area contributed by atoms with Crippen LogP contribution in [-0.2, 0) is 0 Å². The van der Waals surface area contributed by atoms with Crippen molar-refractivity contribution in [3.63, 3.8) is 0 Å². The molecule has 0 spiro atoms. The fourth-order valence-corrected chi connectivity index (χ4v) is 7.52. The summed E-state index contributed by atoms with van der Waals surface area (Å²) in [5.41, 5.74) is 13.9. The fraction of sp³-hybridized carbons (Fsp3) is 0. The van der Waals surface area contributed by atoms with Crippen LogP contribution in [0.5, 0.6) is 0 Å². The van der Waals surface area contributed by atoms with Gasteiger partial charge in [-0.2, -0.15) is 0 Å². The molecule has 0 aliphatic rings. The van der Waals surface area contributed by atoms with Gasteiger partial charge in [0.25, 0.3) is 0 Å². The summed E-state index contributed by atoms with van der Waals surface area (Å²) < 4.78 is 4.64. The van der Waals surface area contributed by atoms with Crippen molar-refractivity contribution in [3.8, 4) is 44.8 Å². The smallest absolute Gasteiger partial charge is 0.0724 e. The molecule has 0 aliphatic carbocycles. The zero-order valence-corrected chi connectivity index (χ0v) is 27.1. The predicted molar refractivity (Wildman–Crippen MR) is 207 cm³/mol. The quantitative estimate of drug-likeness (QED) is 0.188. The summed E-state index contributed by atoms with van der Waals surface area (Å²) in [5.74, 6) is 0. The highest BCUT2D eigenvalue weighted by Crippen LogP contribution is 2.37. The van der Waals surface area contributed by atoms with Crippen LogP contribution >= 0.6 is 0 Å². The molecule has 0 unspecified atom stereocenters. The van der Waals surface area contributed by atoms with Gasteiger partial charge in [-0.15, -0.1) is 0 Å². The Labute approximate surface area is 289 Å². The lowest BCUT2D eigenvalue weighted by Gasteiger charge is -2.11. The maximum absolute atomic E-state index is 4.50. The fourth-order valence-electron chi connectivity index (χ4n) is 7.52. The minimum atomic E-state index is 1.10. The van der Waals surface area contributed by atoms with E-state index in [2.05, 4.69) is 177 Å². The van der Waals surface area contributed by atoms with Gasteiger partial charge in [0.2, 0.25) is 0 Å². The van der Waals surface area contributed by atoms with Crippen molar-refractivity contribution in [1.82, 2.24) is 19.1 Å². The molecule has 4 nitrogen and oxygen atoms in total. The average molecular weight is 639 g/mol. The first-order valence-electron chi connectivity index (χ1n) is 16.9. The lowest BCUT2D eigenvalue weighted by molar-refractivity contribution is 1.16. The summed E-state index contributed by atoms with van der Waals surface area (Å²) in [5, 5.41) is 4.84. The molecule has 4 heteroatoms. The SMILES string of the molecule is c1ccc(-c2ccc3c(c2)c2ccncc2n3-c2ccc(-c3ccc(-n4c5ccc(-c6ccccc6)cc5c5ccncc54)cc3)cc2)cc1. The number of hydrogen-bond acceptors (Lipinski definition) is 2. The highest BCUT2D eigenvalue weighted by Gasteiger charge is 2.16. The normalized spacial score (nSPS) is 11.6. The maximum Gasteiger partial charge on any atom is 0.0724 e. The Balaban J connectivity index is 1.01. The van der Waals surface area contributed by atoms with Gasteiger partial charge in [-0.25, -0.2) is 0 Å². The van der Waals surface area contributed by atoms with Crippen LogP contribution < -0.4 is 0 Å². The predicted octanol–water partition coefficient (Wildman–Crippen LogP) is 11.7. The van der Waals surface area contributed by atoms with E-state index in [-0.39, 0.29) is 0 Å². The Morgan fingerprint density at radius 3 is 1.10 bits per heavy atom. The van der Waals surface area contributed by atoms with Gasteiger partial charge in [0.15, 0.2) is 0 Å². The van der Waals surface area contributed by atoms with Crippen molar-refractivity contribution in [2.24, 2.45) is 0 Å². The molecule has 0 aliphatic heterocycles. The number of hydrogen-bond donors (Lipinski definition) is 0. The lowest BCUT2D eigenvalue weighted by atomic mass is 10.0. The number of pyridine rings is 2. The molecule has 0 atom stereocenters. The van der Waals surface area contributed by atoms with E-state index in [9.17, 15) is 0 Å². The summed E-state index contributed by atoms with van der Waals surface area (Å²) in [6.07, 6.45) is 7.70. The number of aromatic nitrogens is 4. The van der Waals surface area contributed by atoms with Crippen molar-refractivity contribution in [2.45, 2.75) is 0 Å². The Morgan fingerprint density at radius 2 is 0.680 bits per heavy atom. The van der Waals surface area contributed by atoms with E-state index in [1.165, 1.54) is 66.0 Å². The van der Waals surface area contributed by atoms with E-state index in [4.69, 9.17) is 0 Å². The minimum absolute atomic E-state index is 1.10. The third-order valence-corrected chi connectivity index (χ3v) is 9.94. The Bertz CT molecular complexity index is 2630. The molecule has 0 fully saturated rings. The van der Waals surface area contributed by atoms with Crippen LogP contribution in [-0.4, -0.2) is 19.1 Å². The molecule has 4 aromatic heterocycles. The zero-order chi connectivity index (χ0) is 33.0. The second-order valence-corrected chi connectivity index (χ2v) is 12.7. The van der Waals surface area contributed by atoms with E-state index in [0.717, 1.165) is 22.4 Å². The third kappa shape index (κ3) is 4.54. The molecule has 50 heavy (non-hydrogen) atoms. The van der Waals surface area contributed by atoms with Crippen LogP contribution in [0.2, 0.25) is 0 Å². The first kappa shape index (κ1) is 28.3. The van der Waals surface area contributed by atoms with Crippen molar-refractivity contribution >= 4 is 43.6 Å². The van der Waals surface area contributed by atoms with E-state index < -0.39 is 0 Å². The zero-order valence-electron chi connectivity index (χ0n) is 27.1. The van der Waals surface area contributed by atoms with Gasteiger partial charge in [-0.05, 0) is 94.0 Å². The van der Waals surface area contributed by atoms with Crippen molar-refractivity contribution in [3.05, 3.63) is 183 Å². The van der Waals surface area contributed by atoms with Gasteiger partial charge in [0, 0.05) is 45.3 Å². The maximum atomic E-state index is 4.50. The van der Waals surface area contributed by atoms with E-state index in [1.54, 1.807) is 0 Å². The summed E-state index contributed by atoms with van der Waals surface area (Å²) in [7, 11) is 0. The van der Waals surface area contributed by atoms with Crippen molar-refractivity contribution in [2.75, 3.05) is 0 Å². The van der Waals surface area contributed by atoms with Crippen LogP contribution in [0.25, 0.3) is 88.4 Å². The highest BCUT2D eigenvalue weighted by molar-refractivity contribution is 6.11. The highest BCUT2D eigenvalue weighted by atomic mass is 15.0. The van der Waals surface area contributed by atoms with E-state index in [0.29, 0.717) is 0 Å². The first-order chi connectivity index (χ1) is 24.8. The van der Waals surface area contributed by atoms with Gasteiger partial charge in [0.05, 0.1) is 34.5 Å². The lowest BCUT2D eigenvalue weighted by Crippen LogP contribution is -1.95. The monoisotopic (exact) mass is 638 g/mol. The van der Waals surface area contributed by atoms with Crippen molar-refractivity contribution in [1.29, 1.82) is 0 Å². The van der Waals surface area contributed by atoms with E-state index in [1.807, 2.05) is 24.8 Å². The minimum Gasteiger partial charge on any atom is -0.308 e. The third-order valence-electron chi connectivity index (χ3n) is 9.94. The van der Waals surface area contributed by atoms with Crippen LogP contribution in [0.15, 0.2) is 183 Å². The molecule has 10 aromatic rings. The molecule has 4 heterocycles. The molecule has 0 N–H and O–H groups in total. The van der Waals surface area contributed by atoms with Crippen molar-refractivity contribution < 1.29 is 0 Å². The Morgan fingerprint density at radius 1 is 0.300 bits per heavy atom. The number of benzene rings is 6. The number of nitrogens with zero attached hydrogens (tertiary/aromatic N) is 4. The molecule has 0 bridgehead atoms. The van der Waals surface area contributed by atoms with Gasteiger partial charge >= 0.3 is 0 Å². The molecule has 6 aromatic carbocycles. The van der Waals surface area contributed by atoms with E-state index >= 15 is 0 Å². The average Bonchev–Trinajstić information content (AvgIpc) is 3.71. The van der Waals surface area contributed by atoms with Gasteiger partial charge in [-0.3, -0.25) is 9.97 Å². The van der Waals surface area contributed by atoms with Gasteiger partial charge in [-0.1, -0.05) is 97.1 Å². The Hall–Kier alpha value is -6.78. The molecule has 10 rings (SSSR count). The van der Waals surface area contributed by atoms with Crippen LogP contribution in [0.3, 0.4) is 0 Å². The molecular formula is C46H30N4. The largest absolute Gasteiger partial charge is 0.308 e. The number of fused-ring (bicyclic) bond motifs is 6. The standard InChI is InChI=1S/C46H30N4/c1-3-7-31(8-4-1)35-15-21-43-41(27-35)39-23-25-47-29-45(39)49(43)37-17-11-33(12-18-37)34-13-19-38(20-14-34)50-44-22-16-36(32-9-5-2-6-10-32)28-42(44)40-24-26-48-30-46(40)50/h1-30H. The second-order valence-electron chi connectivity index (χ2n) is 12.7. The molecule has 0 saturated heterocycles. The molecule has 0 radical (unpaired) electrons. The van der Waals surface area contributed by atoms with Gasteiger partial charge < -0.3 is 9.13 Å². The molecular weight excluding hydrogens is 609 g/mol. The summed E-state index contributed by atoms with van der Waals surface area (Å²) in [4.78, 5) is 9.00. The molecule has 234 valence electrons. The molecule has 0 amide bonds. The second kappa shape index (κ2) is 11.4. The summed E-state index contributed by atoms with van der Waals surface area (Å²) >= 11 is 0.